The molecule has 0 aliphatic heterocycles. The second kappa shape index (κ2) is 6.12. The summed E-state index contributed by atoms with van der Waals surface area (Å²) in [6.45, 7) is 4.48. The molecule has 0 radical (unpaired) electrons. The van der Waals surface area contributed by atoms with Crippen LogP contribution >= 0.6 is 0 Å². The third-order valence-electron chi connectivity index (χ3n) is 3.95. The van der Waals surface area contributed by atoms with E-state index in [1.165, 1.54) is 32.1 Å². The Kier molecular flexibility index (Phi) is 5.11. The van der Waals surface area contributed by atoms with Crippen molar-refractivity contribution in [1.29, 1.82) is 5.26 Å². The smallest absolute Gasteiger partial charge is 0.0672 e. The van der Waals surface area contributed by atoms with Gasteiger partial charge in [0.15, 0.2) is 0 Å². The first-order valence-corrected chi connectivity index (χ1v) is 6.32. The minimum absolute atomic E-state index is 0.256. The van der Waals surface area contributed by atoms with Gasteiger partial charge in [0.25, 0.3) is 0 Å². The van der Waals surface area contributed by atoms with E-state index < -0.39 is 0 Å². The molecule has 1 aliphatic carbocycles. The molecule has 2 nitrogen and oxygen atoms in total. The molecule has 1 fully saturated rings. The van der Waals surface area contributed by atoms with E-state index in [4.69, 9.17) is 0 Å². The van der Waals surface area contributed by atoms with Crippen molar-refractivity contribution in [2.24, 2.45) is 5.92 Å². The molecule has 1 saturated carbocycles. The summed E-state index contributed by atoms with van der Waals surface area (Å²) < 4.78 is 0. The minimum atomic E-state index is 0.256. The van der Waals surface area contributed by atoms with Crippen molar-refractivity contribution in [2.45, 2.75) is 64.5 Å². The van der Waals surface area contributed by atoms with Crippen molar-refractivity contribution in [3.8, 4) is 6.07 Å². The minimum Gasteiger partial charge on any atom is -0.299 e. The molecule has 0 heterocycles. The van der Waals surface area contributed by atoms with Gasteiger partial charge in [-0.25, -0.2) is 0 Å². The molecule has 2 heteroatoms. The molecule has 0 N–H and O–H groups in total. The normalized spacial score (nSPS) is 29.5. The molecule has 1 rings (SSSR count). The zero-order chi connectivity index (χ0) is 11.3. The Hall–Kier alpha value is -0.550. The lowest BCUT2D eigenvalue weighted by molar-refractivity contribution is 0.141. The molecular formula is C13H24N2. The number of nitriles is 1. The van der Waals surface area contributed by atoms with Gasteiger partial charge in [-0.15, -0.1) is 0 Å². The van der Waals surface area contributed by atoms with E-state index in [0.29, 0.717) is 12.1 Å². The molecular weight excluding hydrogens is 184 g/mol. The molecule has 0 aromatic carbocycles. The van der Waals surface area contributed by atoms with Gasteiger partial charge in [-0.05, 0) is 33.2 Å². The number of rotatable bonds is 3. The van der Waals surface area contributed by atoms with Gasteiger partial charge < -0.3 is 0 Å². The lowest BCUT2D eigenvalue weighted by Crippen LogP contribution is -2.42. The summed E-state index contributed by atoms with van der Waals surface area (Å²) in [7, 11) is 2.19. The zero-order valence-electron chi connectivity index (χ0n) is 10.4. The van der Waals surface area contributed by atoms with Crippen LogP contribution < -0.4 is 0 Å². The topological polar surface area (TPSA) is 27.0 Å². The monoisotopic (exact) mass is 208 g/mol. The van der Waals surface area contributed by atoms with Crippen LogP contribution in [-0.4, -0.2) is 24.0 Å². The Bertz CT molecular complexity index is 219. The first-order chi connectivity index (χ1) is 7.20. The van der Waals surface area contributed by atoms with E-state index in [-0.39, 0.29) is 5.92 Å². The van der Waals surface area contributed by atoms with Crippen LogP contribution in [-0.2, 0) is 0 Å². The average molecular weight is 208 g/mol. The SMILES string of the molecule is CCC(C)N(C)C1CCCCCC1C#N. The molecule has 1 aliphatic rings. The lowest BCUT2D eigenvalue weighted by atomic mass is 9.94. The van der Waals surface area contributed by atoms with Gasteiger partial charge in [0.2, 0.25) is 0 Å². The molecule has 0 spiro atoms. The number of hydrogen-bond donors (Lipinski definition) is 0. The van der Waals surface area contributed by atoms with Crippen molar-refractivity contribution >= 4 is 0 Å². The predicted octanol–water partition coefficient (Wildman–Crippen LogP) is 3.19. The molecule has 0 saturated heterocycles. The van der Waals surface area contributed by atoms with E-state index in [0.717, 1.165) is 6.42 Å². The van der Waals surface area contributed by atoms with Crippen LogP contribution in [0, 0.1) is 17.2 Å². The highest BCUT2D eigenvalue weighted by Gasteiger charge is 2.28. The Morgan fingerprint density at radius 3 is 2.60 bits per heavy atom. The first kappa shape index (κ1) is 12.5. The van der Waals surface area contributed by atoms with Crippen molar-refractivity contribution in [1.82, 2.24) is 4.90 Å². The van der Waals surface area contributed by atoms with Crippen molar-refractivity contribution in [3.63, 3.8) is 0 Å². The van der Waals surface area contributed by atoms with Crippen LogP contribution in [0.2, 0.25) is 0 Å². The van der Waals surface area contributed by atoms with Gasteiger partial charge in [-0.3, -0.25) is 4.90 Å². The summed E-state index contributed by atoms with van der Waals surface area (Å²) in [6.07, 6.45) is 7.32. The summed E-state index contributed by atoms with van der Waals surface area (Å²) in [5.41, 5.74) is 0. The van der Waals surface area contributed by atoms with Crippen molar-refractivity contribution < 1.29 is 0 Å². The molecule has 15 heavy (non-hydrogen) atoms. The van der Waals surface area contributed by atoms with Crippen LogP contribution in [0.1, 0.15) is 52.4 Å². The standard InChI is InChI=1S/C13H24N2/c1-4-11(2)15(3)13-9-7-5-6-8-12(13)10-14/h11-13H,4-9H2,1-3H3. The molecule has 86 valence electrons. The molecule has 0 amide bonds. The van der Waals surface area contributed by atoms with Gasteiger partial charge in [0, 0.05) is 12.1 Å². The van der Waals surface area contributed by atoms with E-state index >= 15 is 0 Å². The van der Waals surface area contributed by atoms with Gasteiger partial charge >= 0.3 is 0 Å². The van der Waals surface area contributed by atoms with E-state index in [1.807, 2.05) is 0 Å². The van der Waals surface area contributed by atoms with E-state index in [2.05, 4.69) is 31.9 Å². The van der Waals surface area contributed by atoms with Crippen LogP contribution in [0.3, 0.4) is 0 Å². The molecule has 3 unspecified atom stereocenters. The van der Waals surface area contributed by atoms with Crippen LogP contribution in [0.4, 0.5) is 0 Å². The zero-order valence-corrected chi connectivity index (χ0v) is 10.4. The van der Waals surface area contributed by atoms with Gasteiger partial charge in [-0.2, -0.15) is 5.26 Å². The van der Waals surface area contributed by atoms with Gasteiger partial charge in [0.05, 0.1) is 12.0 Å². The highest BCUT2D eigenvalue weighted by molar-refractivity contribution is 4.94. The third kappa shape index (κ3) is 3.21. The summed E-state index contributed by atoms with van der Waals surface area (Å²) in [5.74, 6) is 0.256. The molecule has 0 bridgehead atoms. The van der Waals surface area contributed by atoms with Crippen LogP contribution in [0.15, 0.2) is 0 Å². The Morgan fingerprint density at radius 2 is 2.00 bits per heavy atom. The van der Waals surface area contributed by atoms with Crippen LogP contribution in [0.25, 0.3) is 0 Å². The maximum absolute atomic E-state index is 9.21. The Labute approximate surface area is 94.3 Å². The van der Waals surface area contributed by atoms with Gasteiger partial charge in [0.1, 0.15) is 0 Å². The van der Waals surface area contributed by atoms with Crippen molar-refractivity contribution in [2.75, 3.05) is 7.05 Å². The maximum Gasteiger partial charge on any atom is 0.0672 e. The fourth-order valence-corrected chi connectivity index (χ4v) is 2.54. The van der Waals surface area contributed by atoms with Gasteiger partial charge in [-0.1, -0.05) is 26.2 Å². The quantitative estimate of drug-likeness (QED) is 0.666. The number of nitrogens with zero attached hydrogens (tertiary/aromatic N) is 2. The Morgan fingerprint density at radius 1 is 1.33 bits per heavy atom. The number of hydrogen-bond acceptors (Lipinski definition) is 2. The molecule has 0 aromatic heterocycles. The average Bonchev–Trinajstić information content (AvgIpc) is 2.51. The second-order valence-electron chi connectivity index (χ2n) is 4.86. The third-order valence-corrected chi connectivity index (χ3v) is 3.95. The fourth-order valence-electron chi connectivity index (χ4n) is 2.54. The molecule has 0 aromatic rings. The lowest BCUT2D eigenvalue weighted by Gasteiger charge is -2.34. The summed E-state index contributed by atoms with van der Waals surface area (Å²) >= 11 is 0. The van der Waals surface area contributed by atoms with E-state index in [9.17, 15) is 5.26 Å². The van der Waals surface area contributed by atoms with Crippen molar-refractivity contribution in [3.05, 3.63) is 0 Å². The van der Waals surface area contributed by atoms with E-state index in [1.54, 1.807) is 0 Å². The summed E-state index contributed by atoms with van der Waals surface area (Å²) in [5, 5.41) is 9.21. The second-order valence-corrected chi connectivity index (χ2v) is 4.86. The van der Waals surface area contributed by atoms with Crippen LogP contribution in [0.5, 0.6) is 0 Å². The highest BCUT2D eigenvalue weighted by atomic mass is 15.2. The largest absolute Gasteiger partial charge is 0.299 e. The maximum atomic E-state index is 9.21. The first-order valence-electron chi connectivity index (χ1n) is 6.32. The Balaban J connectivity index is 2.66. The summed E-state index contributed by atoms with van der Waals surface area (Å²) in [4.78, 5) is 2.43. The summed E-state index contributed by atoms with van der Waals surface area (Å²) in [6, 6.07) is 3.61. The predicted molar refractivity (Wildman–Crippen MR) is 63.5 cm³/mol. The molecule has 3 atom stereocenters. The highest BCUT2D eigenvalue weighted by Crippen LogP contribution is 2.27. The fraction of sp³-hybridized carbons (Fsp3) is 0.923.